The Bertz CT molecular complexity index is 719. The van der Waals surface area contributed by atoms with Gasteiger partial charge in [0.2, 0.25) is 0 Å². The molecule has 3 heterocycles. The molecule has 0 radical (unpaired) electrons. The highest BCUT2D eigenvalue weighted by Crippen LogP contribution is 2.33. The van der Waals surface area contributed by atoms with Gasteiger partial charge in [-0.25, -0.2) is 9.97 Å². The summed E-state index contributed by atoms with van der Waals surface area (Å²) in [5.74, 6) is 0. The van der Waals surface area contributed by atoms with Crippen molar-refractivity contribution in [3.63, 3.8) is 0 Å². The molecular formula is C17H16N4. The largest absolute Gasteiger partial charge is 0.365 e. The summed E-state index contributed by atoms with van der Waals surface area (Å²) in [7, 11) is 0. The molecule has 0 atom stereocenters. The second kappa shape index (κ2) is 5.13. The minimum absolute atomic E-state index is 0.901. The molecule has 2 aromatic rings. The first-order chi connectivity index (χ1) is 10.4. The summed E-state index contributed by atoms with van der Waals surface area (Å²) in [5.41, 5.74) is 6.14. The number of hydrogen-bond donors (Lipinski definition) is 0. The van der Waals surface area contributed by atoms with E-state index in [2.05, 4.69) is 44.1 Å². The van der Waals surface area contributed by atoms with Crippen molar-refractivity contribution in [2.75, 3.05) is 18.0 Å². The molecule has 0 amide bonds. The van der Waals surface area contributed by atoms with Crippen LogP contribution in [0.1, 0.15) is 12.0 Å². The van der Waals surface area contributed by atoms with E-state index in [4.69, 9.17) is 0 Å². The van der Waals surface area contributed by atoms with Crippen molar-refractivity contribution in [2.24, 2.45) is 4.99 Å². The molecule has 4 heteroatoms. The number of aromatic nitrogens is 2. The van der Waals surface area contributed by atoms with E-state index in [0.717, 1.165) is 31.5 Å². The van der Waals surface area contributed by atoms with E-state index in [-0.39, 0.29) is 0 Å². The zero-order valence-corrected chi connectivity index (χ0v) is 11.7. The molecule has 0 unspecified atom stereocenters. The average molecular weight is 276 g/mol. The topological polar surface area (TPSA) is 41.4 Å². The van der Waals surface area contributed by atoms with Crippen LogP contribution in [0.3, 0.4) is 0 Å². The Morgan fingerprint density at radius 1 is 1.10 bits per heavy atom. The SMILES string of the molecule is C1=NC(CN2CCc3ccc(-c4cncnc4)cc32)=CC1. The third-order valence-corrected chi connectivity index (χ3v) is 4.04. The van der Waals surface area contributed by atoms with E-state index >= 15 is 0 Å². The maximum Gasteiger partial charge on any atom is 0.115 e. The highest BCUT2D eigenvalue weighted by atomic mass is 15.2. The van der Waals surface area contributed by atoms with Crippen molar-refractivity contribution in [1.82, 2.24) is 9.97 Å². The molecule has 0 bridgehead atoms. The lowest BCUT2D eigenvalue weighted by Crippen LogP contribution is -2.22. The quantitative estimate of drug-likeness (QED) is 0.865. The molecule has 21 heavy (non-hydrogen) atoms. The van der Waals surface area contributed by atoms with Gasteiger partial charge in [-0.15, -0.1) is 0 Å². The Labute approximate surface area is 123 Å². The number of nitrogens with zero attached hydrogens (tertiary/aromatic N) is 4. The smallest absolute Gasteiger partial charge is 0.115 e. The van der Waals surface area contributed by atoms with Gasteiger partial charge < -0.3 is 4.90 Å². The summed E-state index contributed by atoms with van der Waals surface area (Å²) in [6.07, 6.45) is 11.5. The molecule has 0 fully saturated rings. The molecule has 0 spiro atoms. The lowest BCUT2D eigenvalue weighted by molar-refractivity contribution is 0.875. The predicted octanol–water partition coefficient (Wildman–Crippen LogP) is 2.86. The molecule has 1 aromatic carbocycles. The summed E-state index contributed by atoms with van der Waals surface area (Å²) in [6, 6.07) is 6.64. The lowest BCUT2D eigenvalue weighted by Gasteiger charge is -2.19. The molecule has 2 aliphatic heterocycles. The number of fused-ring (bicyclic) bond motifs is 1. The van der Waals surface area contributed by atoms with Crippen LogP contribution in [0.2, 0.25) is 0 Å². The highest BCUT2D eigenvalue weighted by Gasteiger charge is 2.20. The summed E-state index contributed by atoms with van der Waals surface area (Å²) in [5, 5.41) is 0. The van der Waals surface area contributed by atoms with Crippen LogP contribution in [0, 0.1) is 0 Å². The summed E-state index contributed by atoms with van der Waals surface area (Å²) < 4.78 is 0. The third-order valence-electron chi connectivity index (χ3n) is 4.04. The zero-order valence-electron chi connectivity index (χ0n) is 11.7. The first-order valence-electron chi connectivity index (χ1n) is 7.25. The number of rotatable bonds is 3. The molecule has 1 aromatic heterocycles. The maximum atomic E-state index is 4.43. The molecule has 104 valence electrons. The molecule has 4 nitrogen and oxygen atoms in total. The molecule has 0 aliphatic carbocycles. The van der Waals surface area contributed by atoms with Gasteiger partial charge in [0, 0.05) is 42.8 Å². The van der Waals surface area contributed by atoms with Gasteiger partial charge in [-0.05, 0) is 23.6 Å². The van der Waals surface area contributed by atoms with Crippen LogP contribution in [0.5, 0.6) is 0 Å². The highest BCUT2D eigenvalue weighted by molar-refractivity contribution is 5.72. The second-order valence-electron chi connectivity index (χ2n) is 5.39. The van der Waals surface area contributed by atoms with Gasteiger partial charge in [0.1, 0.15) is 6.33 Å². The van der Waals surface area contributed by atoms with Crippen LogP contribution >= 0.6 is 0 Å². The van der Waals surface area contributed by atoms with Crippen LogP contribution in [0.4, 0.5) is 5.69 Å². The van der Waals surface area contributed by atoms with E-state index in [9.17, 15) is 0 Å². The minimum atomic E-state index is 0.901. The van der Waals surface area contributed by atoms with Crippen molar-refractivity contribution in [3.05, 3.63) is 54.3 Å². The average Bonchev–Trinajstić information content (AvgIpc) is 3.19. The van der Waals surface area contributed by atoms with Gasteiger partial charge in [0.15, 0.2) is 0 Å². The van der Waals surface area contributed by atoms with Crippen LogP contribution in [-0.2, 0) is 6.42 Å². The Morgan fingerprint density at radius 3 is 2.81 bits per heavy atom. The number of anilines is 1. The van der Waals surface area contributed by atoms with Gasteiger partial charge in [-0.1, -0.05) is 18.2 Å². The number of aliphatic imine (C=N–C) groups is 1. The fourth-order valence-corrected chi connectivity index (χ4v) is 2.95. The Morgan fingerprint density at radius 2 is 2.00 bits per heavy atom. The number of benzene rings is 1. The fraction of sp³-hybridized carbons (Fsp3) is 0.235. The normalized spacial score (nSPS) is 16.2. The van der Waals surface area contributed by atoms with E-state index in [1.807, 2.05) is 18.6 Å². The minimum Gasteiger partial charge on any atom is -0.365 e. The molecular weight excluding hydrogens is 260 g/mol. The summed E-state index contributed by atoms with van der Waals surface area (Å²) in [4.78, 5) is 15.0. The van der Waals surface area contributed by atoms with Gasteiger partial charge in [0.25, 0.3) is 0 Å². The van der Waals surface area contributed by atoms with Crippen molar-refractivity contribution in [3.8, 4) is 11.1 Å². The van der Waals surface area contributed by atoms with Gasteiger partial charge in [0.05, 0.1) is 12.2 Å². The summed E-state index contributed by atoms with van der Waals surface area (Å²) in [6.45, 7) is 1.97. The molecule has 0 saturated carbocycles. The van der Waals surface area contributed by atoms with Crippen molar-refractivity contribution in [1.29, 1.82) is 0 Å². The van der Waals surface area contributed by atoms with Gasteiger partial charge >= 0.3 is 0 Å². The van der Waals surface area contributed by atoms with Crippen LogP contribution in [-0.4, -0.2) is 29.3 Å². The second-order valence-corrected chi connectivity index (χ2v) is 5.39. The zero-order chi connectivity index (χ0) is 14.1. The number of allylic oxidation sites excluding steroid dienone is 1. The van der Waals surface area contributed by atoms with E-state index < -0.39 is 0 Å². The van der Waals surface area contributed by atoms with Gasteiger partial charge in [-0.3, -0.25) is 4.99 Å². The van der Waals surface area contributed by atoms with E-state index in [1.165, 1.54) is 22.5 Å². The van der Waals surface area contributed by atoms with Gasteiger partial charge in [-0.2, -0.15) is 0 Å². The maximum absolute atomic E-state index is 4.43. The van der Waals surface area contributed by atoms with E-state index in [0.29, 0.717) is 0 Å². The standard InChI is InChI=1S/C17H16N4/c1-2-16(20-6-1)11-21-7-5-13-3-4-14(8-17(13)21)15-9-18-12-19-10-15/h2-4,6,8-10,12H,1,5,7,11H2. The van der Waals surface area contributed by atoms with Crippen LogP contribution in [0.25, 0.3) is 11.1 Å². The Hall–Kier alpha value is -2.49. The number of hydrogen-bond acceptors (Lipinski definition) is 4. The van der Waals surface area contributed by atoms with Crippen LogP contribution in [0.15, 0.2) is 53.7 Å². The van der Waals surface area contributed by atoms with E-state index in [1.54, 1.807) is 6.33 Å². The Balaban J connectivity index is 1.66. The first kappa shape index (κ1) is 12.3. The monoisotopic (exact) mass is 276 g/mol. The molecule has 4 rings (SSSR count). The molecule has 0 saturated heterocycles. The first-order valence-corrected chi connectivity index (χ1v) is 7.25. The van der Waals surface area contributed by atoms with Crippen molar-refractivity contribution in [2.45, 2.75) is 12.8 Å². The van der Waals surface area contributed by atoms with Crippen molar-refractivity contribution < 1.29 is 0 Å². The lowest BCUT2D eigenvalue weighted by atomic mass is 10.0. The Kier molecular flexibility index (Phi) is 2.99. The van der Waals surface area contributed by atoms with Crippen molar-refractivity contribution >= 4 is 11.9 Å². The predicted molar refractivity (Wildman–Crippen MR) is 84.6 cm³/mol. The molecule has 0 N–H and O–H groups in total. The molecule has 2 aliphatic rings. The van der Waals surface area contributed by atoms with Crippen LogP contribution < -0.4 is 4.90 Å². The fourth-order valence-electron chi connectivity index (χ4n) is 2.95. The third kappa shape index (κ3) is 2.33. The summed E-state index contributed by atoms with van der Waals surface area (Å²) >= 11 is 0.